The van der Waals surface area contributed by atoms with Gasteiger partial charge in [-0.2, -0.15) is 0 Å². The van der Waals surface area contributed by atoms with Crippen molar-refractivity contribution >= 4 is 5.97 Å². The van der Waals surface area contributed by atoms with Crippen LogP contribution in [0.15, 0.2) is 48.7 Å². The van der Waals surface area contributed by atoms with E-state index in [-0.39, 0.29) is 0 Å². The molecule has 1 unspecified atom stereocenters. The number of rotatable bonds is 5. The summed E-state index contributed by atoms with van der Waals surface area (Å²) in [6.07, 6.45) is 1.94. The predicted octanol–water partition coefficient (Wildman–Crippen LogP) is 1.83. The maximum atomic E-state index is 10.7. The van der Waals surface area contributed by atoms with Crippen molar-refractivity contribution in [1.82, 2.24) is 4.98 Å². The van der Waals surface area contributed by atoms with Crippen LogP contribution in [0.2, 0.25) is 0 Å². The van der Waals surface area contributed by atoms with Crippen LogP contribution < -0.4 is 10.5 Å². The van der Waals surface area contributed by atoms with Crippen molar-refractivity contribution in [1.29, 1.82) is 0 Å². The van der Waals surface area contributed by atoms with Gasteiger partial charge in [-0.3, -0.25) is 4.79 Å². The zero-order valence-electron chi connectivity index (χ0n) is 10.2. The van der Waals surface area contributed by atoms with E-state index in [0.717, 1.165) is 5.56 Å². The molecule has 1 aromatic heterocycles. The highest BCUT2D eigenvalue weighted by Gasteiger charge is 2.11. The zero-order valence-corrected chi connectivity index (χ0v) is 10.2. The lowest BCUT2D eigenvalue weighted by molar-refractivity contribution is -0.138. The highest BCUT2D eigenvalue weighted by molar-refractivity contribution is 5.73. The number of ether oxygens (including phenoxy) is 1. The number of carboxylic acid groups (broad SMARTS) is 1. The van der Waals surface area contributed by atoms with Gasteiger partial charge in [0, 0.05) is 12.3 Å². The summed E-state index contributed by atoms with van der Waals surface area (Å²) < 4.78 is 5.53. The molecular formula is C14H14N2O3. The van der Waals surface area contributed by atoms with Crippen molar-refractivity contribution in [3.05, 3.63) is 54.2 Å². The van der Waals surface area contributed by atoms with Gasteiger partial charge in [-0.25, -0.2) is 4.98 Å². The predicted molar refractivity (Wildman–Crippen MR) is 70.1 cm³/mol. The fourth-order valence-electron chi connectivity index (χ4n) is 1.56. The zero-order chi connectivity index (χ0) is 13.7. The number of nitrogens with zero attached hydrogens (tertiary/aromatic N) is 1. The van der Waals surface area contributed by atoms with Crippen LogP contribution in [-0.4, -0.2) is 22.1 Å². The lowest BCUT2D eigenvalue weighted by atomic mass is 10.1. The number of hydrogen-bond acceptors (Lipinski definition) is 4. The lowest BCUT2D eigenvalue weighted by Gasteiger charge is -2.08. The third kappa shape index (κ3) is 3.79. The summed E-state index contributed by atoms with van der Waals surface area (Å²) >= 11 is 0. The Morgan fingerprint density at radius 3 is 2.58 bits per heavy atom. The molecule has 0 amide bonds. The van der Waals surface area contributed by atoms with Crippen molar-refractivity contribution in [3.63, 3.8) is 0 Å². The van der Waals surface area contributed by atoms with E-state index < -0.39 is 12.0 Å². The molecule has 0 saturated carbocycles. The smallest absolute Gasteiger partial charge is 0.320 e. The normalized spacial score (nSPS) is 11.8. The number of nitrogens with two attached hydrogens (primary N) is 1. The Kier molecular flexibility index (Phi) is 4.10. The first kappa shape index (κ1) is 13.0. The largest absolute Gasteiger partial charge is 0.480 e. The SMILES string of the molecule is NC(Cc1ccc(Oc2ccccn2)cc1)C(=O)O. The molecule has 2 rings (SSSR count). The van der Waals surface area contributed by atoms with Crippen LogP contribution in [0, 0.1) is 0 Å². The molecule has 5 heteroatoms. The van der Waals surface area contributed by atoms with Gasteiger partial charge >= 0.3 is 5.97 Å². The Morgan fingerprint density at radius 1 is 1.26 bits per heavy atom. The summed E-state index contributed by atoms with van der Waals surface area (Å²) in [5.74, 6) is 0.151. The highest BCUT2D eigenvalue weighted by Crippen LogP contribution is 2.19. The van der Waals surface area contributed by atoms with Gasteiger partial charge in [0.05, 0.1) is 0 Å². The number of hydrogen-bond donors (Lipinski definition) is 2. The highest BCUT2D eigenvalue weighted by atomic mass is 16.5. The number of pyridine rings is 1. The summed E-state index contributed by atoms with van der Waals surface area (Å²) in [5, 5.41) is 8.73. The van der Waals surface area contributed by atoms with Gasteiger partial charge in [-0.15, -0.1) is 0 Å². The molecular weight excluding hydrogens is 244 g/mol. The van der Waals surface area contributed by atoms with Gasteiger partial charge in [-0.1, -0.05) is 18.2 Å². The van der Waals surface area contributed by atoms with Crippen LogP contribution in [0.25, 0.3) is 0 Å². The van der Waals surface area contributed by atoms with Crippen molar-refractivity contribution in [2.24, 2.45) is 5.73 Å². The van der Waals surface area contributed by atoms with Crippen LogP contribution in [0.3, 0.4) is 0 Å². The number of aliphatic carboxylic acids is 1. The van der Waals surface area contributed by atoms with Crippen LogP contribution >= 0.6 is 0 Å². The number of benzene rings is 1. The Labute approximate surface area is 110 Å². The number of carbonyl (C=O) groups is 1. The second kappa shape index (κ2) is 5.97. The van der Waals surface area contributed by atoms with Crippen molar-refractivity contribution in [2.75, 3.05) is 0 Å². The van der Waals surface area contributed by atoms with Gasteiger partial charge in [0.1, 0.15) is 11.8 Å². The Morgan fingerprint density at radius 2 is 2.00 bits per heavy atom. The van der Waals surface area contributed by atoms with Crippen molar-refractivity contribution < 1.29 is 14.6 Å². The third-order valence-corrected chi connectivity index (χ3v) is 2.56. The van der Waals surface area contributed by atoms with Gasteiger partial charge in [0.25, 0.3) is 0 Å². The molecule has 1 aromatic carbocycles. The maximum absolute atomic E-state index is 10.7. The number of carboxylic acids is 1. The molecule has 0 saturated heterocycles. The molecule has 2 aromatic rings. The first-order chi connectivity index (χ1) is 9.15. The van der Waals surface area contributed by atoms with E-state index >= 15 is 0 Å². The second-order valence-corrected chi connectivity index (χ2v) is 4.06. The summed E-state index contributed by atoms with van der Waals surface area (Å²) in [5.41, 5.74) is 6.32. The maximum Gasteiger partial charge on any atom is 0.320 e. The van der Waals surface area contributed by atoms with E-state index in [9.17, 15) is 4.79 Å². The Balaban J connectivity index is 2.01. The number of aromatic nitrogens is 1. The van der Waals surface area contributed by atoms with Gasteiger partial charge in [-0.05, 0) is 30.2 Å². The van der Waals surface area contributed by atoms with E-state index in [4.69, 9.17) is 15.6 Å². The Hall–Kier alpha value is -2.40. The fourth-order valence-corrected chi connectivity index (χ4v) is 1.56. The minimum atomic E-state index is -1.01. The monoisotopic (exact) mass is 258 g/mol. The molecule has 3 N–H and O–H groups in total. The molecule has 0 aliphatic carbocycles. The average molecular weight is 258 g/mol. The Bertz CT molecular complexity index is 540. The molecule has 0 radical (unpaired) electrons. The van der Waals surface area contributed by atoms with E-state index in [1.807, 2.05) is 12.1 Å². The third-order valence-electron chi connectivity index (χ3n) is 2.56. The molecule has 19 heavy (non-hydrogen) atoms. The molecule has 0 aliphatic heterocycles. The van der Waals surface area contributed by atoms with Gasteiger partial charge in [0.15, 0.2) is 0 Å². The first-order valence-electron chi connectivity index (χ1n) is 5.81. The summed E-state index contributed by atoms with van der Waals surface area (Å²) in [7, 11) is 0. The average Bonchev–Trinajstić information content (AvgIpc) is 2.42. The fraction of sp³-hybridized carbons (Fsp3) is 0.143. The minimum Gasteiger partial charge on any atom is -0.480 e. The molecule has 1 heterocycles. The molecule has 5 nitrogen and oxygen atoms in total. The first-order valence-corrected chi connectivity index (χ1v) is 5.81. The van der Waals surface area contributed by atoms with Crippen LogP contribution in [-0.2, 0) is 11.2 Å². The quantitative estimate of drug-likeness (QED) is 0.854. The van der Waals surface area contributed by atoms with Crippen LogP contribution in [0.5, 0.6) is 11.6 Å². The summed E-state index contributed by atoms with van der Waals surface area (Å²) in [6.45, 7) is 0. The molecule has 0 fully saturated rings. The van der Waals surface area contributed by atoms with Crippen LogP contribution in [0.4, 0.5) is 0 Å². The van der Waals surface area contributed by atoms with Crippen molar-refractivity contribution in [2.45, 2.75) is 12.5 Å². The van der Waals surface area contributed by atoms with Crippen LogP contribution in [0.1, 0.15) is 5.56 Å². The van der Waals surface area contributed by atoms with Gasteiger partial charge < -0.3 is 15.6 Å². The molecule has 0 spiro atoms. The van der Waals surface area contributed by atoms with E-state index in [0.29, 0.717) is 18.1 Å². The van der Waals surface area contributed by atoms with Gasteiger partial charge in [0.2, 0.25) is 5.88 Å². The topological polar surface area (TPSA) is 85.4 Å². The summed E-state index contributed by atoms with van der Waals surface area (Å²) in [6, 6.07) is 11.6. The van der Waals surface area contributed by atoms with Crippen molar-refractivity contribution in [3.8, 4) is 11.6 Å². The second-order valence-electron chi connectivity index (χ2n) is 4.06. The van der Waals surface area contributed by atoms with E-state index in [2.05, 4.69) is 4.98 Å². The standard InChI is InChI=1S/C14H14N2O3/c15-12(14(17)18)9-10-4-6-11(7-5-10)19-13-3-1-2-8-16-13/h1-8,12H,9,15H2,(H,17,18). The molecule has 98 valence electrons. The van der Waals surface area contributed by atoms with E-state index in [1.54, 1.807) is 36.5 Å². The molecule has 1 atom stereocenters. The van der Waals surface area contributed by atoms with E-state index in [1.165, 1.54) is 0 Å². The summed E-state index contributed by atoms with van der Waals surface area (Å²) in [4.78, 5) is 14.7. The minimum absolute atomic E-state index is 0.291. The lowest BCUT2D eigenvalue weighted by Crippen LogP contribution is -2.32. The molecule has 0 aliphatic rings. The molecule has 0 bridgehead atoms.